The van der Waals surface area contributed by atoms with Crippen molar-refractivity contribution in [2.45, 2.75) is 19.1 Å². The number of aromatic nitrogens is 3. The number of anilines is 2. The summed E-state index contributed by atoms with van der Waals surface area (Å²) < 4.78 is 39.2. The number of nitriles is 1. The van der Waals surface area contributed by atoms with Gasteiger partial charge in [0.15, 0.2) is 6.61 Å². The van der Waals surface area contributed by atoms with E-state index in [9.17, 15) is 22.8 Å². The Balaban J connectivity index is 1.45. The van der Waals surface area contributed by atoms with E-state index in [0.717, 1.165) is 12.0 Å². The number of piperazine rings is 1. The number of aromatic amines is 1. The number of hydrogen-bond donors (Lipinski definition) is 2. The summed E-state index contributed by atoms with van der Waals surface area (Å²) in [6.07, 6.45) is -1.35. The Hall–Kier alpha value is -4.15. The fourth-order valence-corrected chi connectivity index (χ4v) is 3.21. The van der Waals surface area contributed by atoms with Crippen LogP contribution in [-0.4, -0.2) is 71.0 Å². The van der Waals surface area contributed by atoms with E-state index in [1.807, 2.05) is 11.0 Å². The van der Waals surface area contributed by atoms with Crippen LogP contribution in [-0.2, 0) is 15.8 Å². The number of amides is 1. The highest BCUT2D eigenvalue weighted by Gasteiger charge is 2.37. The van der Waals surface area contributed by atoms with Crippen LogP contribution in [0.5, 0.6) is 0 Å². The van der Waals surface area contributed by atoms with Crippen LogP contribution in [0.15, 0.2) is 34.5 Å². The lowest BCUT2D eigenvalue weighted by atomic mass is 10.2. The third-order valence-corrected chi connectivity index (χ3v) is 4.90. The number of oxime groups is 1. The maximum Gasteiger partial charge on any atom is 0.423 e. The SMILES string of the molecule is CC(/C=N/OCC(=O)N1CCN(c2ccc(C#N)cn2)CC1)Nc1cn[nH]c(=O)c1C(F)(F)F. The lowest BCUT2D eigenvalue weighted by Gasteiger charge is -2.35. The van der Waals surface area contributed by atoms with Gasteiger partial charge < -0.3 is 20.0 Å². The van der Waals surface area contributed by atoms with Crippen LogP contribution >= 0.6 is 0 Å². The van der Waals surface area contributed by atoms with Gasteiger partial charge in [0.25, 0.3) is 11.5 Å². The molecule has 11 nitrogen and oxygen atoms in total. The van der Waals surface area contributed by atoms with Crippen molar-refractivity contribution in [1.29, 1.82) is 5.26 Å². The highest BCUT2D eigenvalue weighted by atomic mass is 19.4. The van der Waals surface area contributed by atoms with Gasteiger partial charge in [0.05, 0.1) is 29.7 Å². The molecule has 1 unspecified atom stereocenters. The highest BCUT2D eigenvalue weighted by molar-refractivity contribution is 5.78. The lowest BCUT2D eigenvalue weighted by Crippen LogP contribution is -2.49. The molecule has 0 aromatic carbocycles. The summed E-state index contributed by atoms with van der Waals surface area (Å²) >= 11 is 0. The Bertz CT molecular complexity index is 1120. The largest absolute Gasteiger partial charge is 0.423 e. The molecule has 0 aliphatic carbocycles. The van der Waals surface area contributed by atoms with Gasteiger partial charge in [-0.2, -0.15) is 23.5 Å². The second kappa shape index (κ2) is 10.6. The number of pyridine rings is 1. The second-order valence-corrected chi connectivity index (χ2v) is 7.33. The Morgan fingerprint density at radius 3 is 2.71 bits per heavy atom. The summed E-state index contributed by atoms with van der Waals surface area (Å²) in [6.45, 7) is 3.16. The first-order valence-electron chi connectivity index (χ1n) is 10.1. The van der Waals surface area contributed by atoms with Gasteiger partial charge in [-0.3, -0.25) is 9.59 Å². The number of alkyl halides is 3. The molecule has 180 valence electrons. The summed E-state index contributed by atoms with van der Waals surface area (Å²) in [5.41, 5.74) is -2.79. The first kappa shape index (κ1) is 24.5. The summed E-state index contributed by atoms with van der Waals surface area (Å²) in [6, 6.07) is 4.69. The maximum absolute atomic E-state index is 13.1. The van der Waals surface area contributed by atoms with Crippen LogP contribution in [0.4, 0.5) is 24.7 Å². The summed E-state index contributed by atoms with van der Waals surface area (Å²) in [7, 11) is 0. The Morgan fingerprint density at radius 1 is 1.35 bits per heavy atom. The average molecular weight is 478 g/mol. The minimum atomic E-state index is -4.86. The van der Waals surface area contributed by atoms with Gasteiger partial charge in [0, 0.05) is 32.4 Å². The molecular weight excluding hydrogens is 457 g/mol. The van der Waals surface area contributed by atoms with Gasteiger partial charge in [0.2, 0.25) is 0 Å². The standard InChI is InChI=1S/C20H21F3N8O3/c1-13(28-15-11-26-29-19(33)18(15)20(21,22)23)9-27-34-12-17(32)31-6-4-30(5-7-31)16-3-2-14(8-24)10-25-16/h2-3,9-11,13H,4-7,12H2,1H3,(H2,28,29,33)/b27-9+. The summed E-state index contributed by atoms with van der Waals surface area (Å²) in [5.74, 6) is 0.432. The van der Waals surface area contributed by atoms with E-state index in [1.165, 1.54) is 19.3 Å². The van der Waals surface area contributed by atoms with Gasteiger partial charge >= 0.3 is 6.18 Å². The van der Waals surface area contributed by atoms with Gasteiger partial charge in [-0.25, -0.2) is 10.1 Å². The van der Waals surface area contributed by atoms with Crippen molar-refractivity contribution < 1.29 is 22.8 Å². The van der Waals surface area contributed by atoms with E-state index in [1.54, 1.807) is 22.1 Å². The molecule has 1 atom stereocenters. The van der Waals surface area contributed by atoms with Crippen LogP contribution in [0.1, 0.15) is 18.1 Å². The average Bonchev–Trinajstić information content (AvgIpc) is 2.81. The molecule has 1 amide bonds. The number of nitrogens with zero attached hydrogens (tertiary/aromatic N) is 6. The predicted molar refractivity (Wildman–Crippen MR) is 115 cm³/mol. The molecule has 34 heavy (non-hydrogen) atoms. The zero-order valence-electron chi connectivity index (χ0n) is 18.0. The van der Waals surface area contributed by atoms with Crippen molar-refractivity contribution in [3.63, 3.8) is 0 Å². The number of halogens is 3. The van der Waals surface area contributed by atoms with Crippen molar-refractivity contribution in [3.8, 4) is 6.07 Å². The molecule has 1 aliphatic heterocycles. The van der Waals surface area contributed by atoms with E-state index in [4.69, 9.17) is 10.1 Å². The number of H-pyrrole nitrogens is 1. The smallest absolute Gasteiger partial charge is 0.386 e. The van der Waals surface area contributed by atoms with E-state index in [2.05, 4.69) is 20.6 Å². The van der Waals surface area contributed by atoms with Crippen molar-refractivity contribution in [3.05, 3.63) is 46.0 Å². The number of carbonyl (C=O) groups is 1. The normalized spacial score (nSPS) is 15.1. The minimum absolute atomic E-state index is 0.289. The predicted octanol–water partition coefficient (Wildman–Crippen LogP) is 1.21. The van der Waals surface area contributed by atoms with Crippen molar-refractivity contribution in [1.82, 2.24) is 20.1 Å². The van der Waals surface area contributed by atoms with Gasteiger partial charge in [-0.15, -0.1) is 0 Å². The van der Waals surface area contributed by atoms with Gasteiger partial charge in [0.1, 0.15) is 17.5 Å². The fraction of sp³-hybridized carbons (Fsp3) is 0.400. The monoisotopic (exact) mass is 478 g/mol. The van der Waals surface area contributed by atoms with Crippen molar-refractivity contribution in [2.24, 2.45) is 5.16 Å². The first-order chi connectivity index (χ1) is 16.2. The number of rotatable bonds is 7. The third kappa shape index (κ3) is 6.21. The molecule has 2 N–H and O–H groups in total. The Labute approximate surface area is 191 Å². The molecule has 3 rings (SSSR count). The van der Waals surface area contributed by atoms with Gasteiger partial charge in [-0.1, -0.05) is 5.16 Å². The summed E-state index contributed by atoms with van der Waals surface area (Å²) in [5, 5.41) is 20.1. The van der Waals surface area contributed by atoms with Gasteiger partial charge in [-0.05, 0) is 19.1 Å². The summed E-state index contributed by atoms with van der Waals surface area (Å²) in [4.78, 5) is 36.6. The molecule has 2 aromatic heterocycles. The van der Waals surface area contributed by atoms with E-state index in [-0.39, 0.29) is 12.5 Å². The molecule has 0 saturated carbocycles. The molecule has 1 fully saturated rings. The van der Waals surface area contributed by atoms with E-state index in [0.29, 0.717) is 31.7 Å². The van der Waals surface area contributed by atoms with Crippen LogP contribution in [0.25, 0.3) is 0 Å². The topological polar surface area (TPSA) is 140 Å². The van der Waals surface area contributed by atoms with Crippen molar-refractivity contribution in [2.75, 3.05) is 43.0 Å². The highest BCUT2D eigenvalue weighted by Crippen LogP contribution is 2.31. The number of carbonyl (C=O) groups excluding carboxylic acids is 1. The van der Waals surface area contributed by atoms with Crippen LogP contribution < -0.4 is 15.8 Å². The lowest BCUT2D eigenvalue weighted by molar-refractivity contribution is -0.138. The molecule has 0 radical (unpaired) electrons. The second-order valence-electron chi connectivity index (χ2n) is 7.33. The number of hydrogen-bond acceptors (Lipinski definition) is 9. The third-order valence-electron chi connectivity index (χ3n) is 4.90. The number of nitrogens with one attached hydrogen (secondary N) is 2. The molecular formula is C20H21F3N8O3. The van der Waals surface area contributed by atoms with E-state index < -0.39 is 29.0 Å². The molecule has 14 heteroatoms. The molecule has 2 aromatic rings. The molecule has 1 aliphatic rings. The van der Waals surface area contributed by atoms with Crippen molar-refractivity contribution >= 4 is 23.6 Å². The zero-order chi connectivity index (χ0) is 24.7. The van der Waals surface area contributed by atoms with E-state index >= 15 is 0 Å². The molecule has 0 bridgehead atoms. The van der Waals surface area contributed by atoms with Crippen LogP contribution in [0, 0.1) is 11.3 Å². The first-order valence-corrected chi connectivity index (χ1v) is 10.1. The Kier molecular flexibility index (Phi) is 7.67. The van der Waals surface area contributed by atoms with Crippen LogP contribution in [0.2, 0.25) is 0 Å². The molecule has 1 saturated heterocycles. The molecule has 3 heterocycles. The fourth-order valence-electron chi connectivity index (χ4n) is 3.21. The minimum Gasteiger partial charge on any atom is -0.386 e. The quantitative estimate of drug-likeness (QED) is 0.447. The maximum atomic E-state index is 13.1. The molecule has 0 spiro atoms. The van der Waals surface area contributed by atoms with Crippen LogP contribution in [0.3, 0.4) is 0 Å². The Morgan fingerprint density at radius 2 is 2.09 bits per heavy atom. The zero-order valence-corrected chi connectivity index (χ0v) is 18.0.